The molecule has 5 nitrogen and oxygen atoms in total. The summed E-state index contributed by atoms with van der Waals surface area (Å²) in [6.45, 7) is 0.323. The molecule has 0 saturated carbocycles. The van der Waals surface area contributed by atoms with E-state index in [9.17, 15) is 4.79 Å². The summed E-state index contributed by atoms with van der Waals surface area (Å²) in [5.74, 6) is 0. The largest absolute Gasteiger partial charge is 0.364 e. The second kappa shape index (κ2) is 5.95. The van der Waals surface area contributed by atoms with Gasteiger partial charge in [0.15, 0.2) is 0 Å². The van der Waals surface area contributed by atoms with Crippen LogP contribution in [0.2, 0.25) is 10.0 Å². The first-order chi connectivity index (χ1) is 10.1. The number of amides is 2. The summed E-state index contributed by atoms with van der Waals surface area (Å²) in [6.07, 6.45) is 3.09. The van der Waals surface area contributed by atoms with Crippen molar-refractivity contribution in [3.63, 3.8) is 0 Å². The first-order valence-corrected chi connectivity index (χ1v) is 7.31. The average Bonchev–Trinajstić information content (AvgIpc) is 3.11. The Labute approximate surface area is 131 Å². The fraction of sp³-hybridized carbons (Fsp3) is 0.286. The van der Waals surface area contributed by atoms with E-state index in [2.05, 4.69) is 15.8 Å². The molecule has 110 valence electrons. The number of aromatic nitrogens is 1. The lowest BCUT2D eigenvalue weighted by molar-refractivity contribution is 0.236. The van der Waals surface area contributed by atoms with E-state index in [0.29, 0.717) is 22.3 Å². The molecule has 1 aromatic carbocycles. The van der Waals surface area contributed by atoms with Gasteiger partial charge in [-0.15, -0.1) is 0 Å². The van der Waals surface area contributed by atoms with Gasteiger partial charge in [0.1, 0.15) is 12.0 Å². The molecule has 0 fully saturated rings. The molecule has 2 amide bonds. The van der Waals surface area contributed by atoms with Crippen LogP contribution in [0.5, 0.6) is 0 Å². The van der Waals surface area contributed by atoms with Gasteiger partial charge in [-0.25, -0.2) is 4.79 Å². The summed E-state index contributed by atoms with van der Waals surface area (Å²) in [7, 11) is 0. The number of hydrogen-bond donors (Lipinski definition) is 2. The van der Waals surface area contributed by atoms with Gasteiger partial charge in [0.2, 0.25) is 0 Å². The average molecular weight is 326 g/mol. The molecule has 1 aliphatic rings. The molecule has 0 spiro atoms. The summed E-state index contributed by atoms with van der Waals surface area (Å²) < 4.78 is 4.70. The van der Waals surface area contributed by atoms with Crippen LogP contribution in [0.4, 0.5) is 4.79 Å². The Morgan fingerprint density at radius 2 is 2.24 bits per heavy atom. The van der Waals surface area contributed by atoms with Crippen molar-refractivity contribution in [1.82, 2.24) is 15.8 Å². The van der Waals surface area contributed by atoms with Crippen LogP contribution in [0.1, 0.15) is 29.3 Å². The lowest BCUT2D eigenvalue weighted by atomic mass is 10.1. The molecule has 0 aliphatic heterocycles. The highest BCUT2D eigenvalue weighted by Gasteiger charge is 2.26. The van der Waals surface area contributed by atoms with Crippen molar-refractivity contribution in [1.29, 1.82) is 0 Å². The maximum atomic E-state index is 11.9. The molecule has 7 heteroatoms. The molecule has 1 aliphatic carbocycles. The predicted molar refractivity (Wildman–Crippen MR) is 79.4 cm³/mol. The minimum absolute atomic E-state index is 0.0490. The lowest BCUT2D eigenvalue weighted by Gasteiger charge is -2.15. The minimum Gasteiger partial charge on any atom is -0.364 e. The van der Waals surface area contributed by atoms with Gasteiger partial charge in [0.25, 0.3) is 0 Å². The zero-order chi connectivity index (χ0) is 14.8. The fourth-order valence-electron chi connectivity index (χ4n) is 2.49. The Bertz CT molecular complexity index is 658. The van der Waals surface area contributed by atoms with E-state index in [0.717, 1.165) is 24.0 Å². The quantitative estimate of drug-likeness (QED) is 0.907. The van der Waals surface area contributed by atoms with E-state index < -0.39 is 0 Å². The van der Waals surface area contributed by atoms with Crippen molar-refractivity contribution in [2.24, 2.45) is 0 Å². The van der Waals surface area contributed by atoms with Crippen molar-refractivity contribution in [3.8, 4) is 0 Å². The van der Waals surface area contributed by atoms with E-state index in [-0.39, 0.29) is 12.1 Å². The van der Waals surface area contributed by atoms with Gasteiger partial charge in [-0.05, 0) is 30.0 Å². The van der Waals surface area contributed by atoms with E-state index in [1.54, 1.807) is 12.1 Å². The highest BCUT2D eigenvalue weighted by molar-refractivity contribution is 6.42. The molecule has 1 aromatic heterocycles. The second-order valence-electron chi connectivity index (χ2n) is 4.84. The van der Waals surface area contributed by atoms with E-state index in [4.69, 9.17) is 27.7 Å². The molecular formula is C14H13Cl2N3O2. The molecule has 1 unspecified atom stereocenters. The normalized spacial score (nSPS) is 16.6. The third-order valence-corrected chi connectivity index (χ3v) is 4.36. The number of benzene rings is 1. The van der Waals surface area contributed by atoms with Gasteiger partial charge in [-0.2, -0.15) is 0 Å². The topological polar surface area (TPSA) is 67.2 Å². The molecule has 21 heavy (non-hydrogen) atoms. The lowest BCUT2D eigenvalue weighted by Crippen LogP contribution is -2.37. The standard InChI is InChI=1S/C14H13Cl2N3O2/c15-11-3-1-9-10(13(11)16)2-4-12(9)18-14(20)17-7-8-5-6-21-19-8/h1,3,5-6,12H,2,4,7H2,(H2,17,18,20). The van der Waals surface area contributed by atoms with E-state index in [1.807, 2.05) is 6.07 Å². The first kappa shape index (κ1) is 14.2. The number of carbonyl (C=O) groups excluding carboxylic acids is 1. The van der Waals surface area contributed by atoms with Crippen LogP contribution in [0.25, 0.3) is 0 Å². The number of carbonyl (C=O) groups is 1. The highest BCUT2D eigenvalue weighted by atomic mass is 35.5. The van der Waals surface area contributed by atoms with Crippen LogP contribution in [-0.2, 0) is 13.0 Å². The maximum absolute atomic E-state index is 11.9. The number of hydrogen-bond acceptors (Lipinski definition) is 3. The predicted octanol–water partition coefficient (Wildman–Crippen LogP) is 3.47. The van der Waals surface area contributed by atoms with E-state index >= 15 is 0 Å². The third kappa shape index (κ3) is 2.99. The number of halogens is 2. The third-order valence-electron chi connectivity index (χ3n) is 3.52. The monoisotopic (exact) mass is 325 g/mol. The van der Waals surface area contributed by atoms with Crippen molar-refractivity contribution >= 4 is 29.2 Å². The summed E-state index contributed by atoms with van der Waals surface area (Å²) in [5, 5.41) is 10.5. The van der Waals surface area contributed by atoms with Crippen molar-refractivity contribution in [2.45, 2.75) is 25.4 Å². The fourth-order valence-corrected chi connectivity index (χ4v) is 2.93. The van der Waals surface area contributed by atoms with Crippen LogP contribution in [0, 0.1) is 0 Å². The van der Waals surface area contributed by atoms with Gasteiger partial charge < -0.3 is 15.2 Å². The van der Waals surface area contributed by atoms with E-state index in [1.165, 1.54) is 6.26 Å². The number of rotatable bonds is 3. The van der Waals surface area contributed by atoms with Crippen LogP contribution in [-0.4, -0.2) is 11.2 Å². The molecule has 0 bridgehead atoms. The number of urea groups is 1. The number of nitrogens with one attached hydrogen (secondary N) is 2. The maximum Gasteiger partial charge on any atom is 0.315 e. The molecular weight excluding hydrogens is 313 g/mol. The molecule has 1 atom stereocenters. The molecule has 2 aromatic rings. The Morgan fingerprint density at radius 3 is 3.00 bits per heavy atom. The Hall–Kier alpha value is -1.72. The van der Waals surface area contributed by atoms with Crippen LogP contribution in [0.15, 0.2) is 29.0 Å². The van der Waals surface area contributed by atoms with Gasteiger partial charge in [-0.1, -0.05) is 34.4 Å². The van der Waals surface area contributed by atoms with Crippen molar-refractivity contribution in [3.05, 3.63) is 51.3 Å². The highest BCUT2D eigenvalue weighted by Crippen LogP contribution is 2.38. The first-order valence-electron chi connectivity index (χ1n) is 6.55. The summed E-state index contributed by atoms with van der Waals surface area (Å²) in [4.78, 5) is 11.9. The summed E-state index contributed by atoms with van der Waals surface area (Å²) >= 11 is 12.2. The SMILES string of the molecule is O=C(NCc1ccon1)NC1CCc2c1ccc(Cl)c2Cl. The van der Waals surface area contributed by atoms with Gasteiger partial charge in [-0.3, -0.25) is 0 Å². The summed E-state index contributed by atoms with van der Waals surface area (Å²) in [6, 6.07) is 5.08. The molecule has 2 N–H and O–H groups in total. The van der Waals surface area contributed by atoms with Crippen LogP contribution in [0.3, 0.4) is 0 Å². The zero-order valence-corrected chi connectivity index (χ0v) is 12.5. The van der Waals surface area contributed by atoms with Gasteiger partial charge in [0, 0.05) is 6.07 Å². The Kier molecular flexibility index (Phi) is 4.03. The van der Waals surface area contributed by atoms with Crippen molar-refractivity contribution in [2.75, 3.05) is 0 Å². The summed E-state index contributed by atoms with van der Waals surface area (Å²) in [5.41, 5.74) is 2.72. The van der Waals surface area contributed by atoms with Crippen molar-refractivity contribution < 1.29 is 9.32 Å². The minimum atomic E-state index is -0.248. The zero-order valence-electron chi connectivity index (χ0n) is 11.0. The molecule has 1 heterocycles. The number of fused-ring (bicyclic) bond motifs is 1. The van der Waals surface area contributed by atoms with Gasteiger partial charge >= 0.3 is 6.03 Å². The molecule has 0 radical (unpaired) electrons. The Balaban J connectivity index is 1.62. The second-order valence-corrected chi connectivity index (χ2v) is 5.62. The molecule has 3 rings (SSSR count). The van der Waals surface area contributed by atoms with Gasteiger partial charge in [0.05, 0.1) is 22.6 Å². The smallest absolute Gasteiger partial charge is 0.315 e. The molecule has 0 saturated heterocycles. The number of nitrogens with zero attached hydrogens (tertiary/aromatic N) is 1. The Morgan fingerprint density at radius 1 is 1.38 bits per heavy atom. The van der Waals surface area contributed by atoms with Crippen LogP contribution >= 0.6 is 23.2 Å². The van der Waals surface area contributed by atoms with Crippen LogP contribution < -0.4 is 10.6 Å².